The van der Waals surface area contributed by atoms with Gasteiger partial charge in [0.2, 0.25) is 0 Å². The van der Waals surface area contributed by atoms with Gasteiger partial charge in [0, 0.05) is 6.04 Å². The van der Waals surface area contributed by atoms with Gasteiger partial charge in [0.05, 0.1) is 22.0 Å². The van der Waals surface area contributed by atoms with E-state index in [1.807, 2.05) is 12.1 Å². The van der Waals surface area contributed by atoms with E-state index >= 15 is 0 Å². The van der Waals surface area contributed by atoms with E-state index in [4.69, 9.17) is 16.7 Å². The molecule has 0 aliphatic heterocycles. The molecule has 106 valence electrons. The number of rotatable bonds is 2. The number of carboxylic acids is 1. The van der Waals surface area contributed by atoms with Crippen molar-refractivity contribution in [1.29, 1.82) is 0 Å². The molecule has 1 aromatic carbocycles. The molecule has 0 saturated heterocycles. The summed E-state index contributed by atoms with van der Waals surface area (Å²) in [6.45, 7) is 0. The molecule has 0 radical (unpaired) electrons. The second-order valence-electron chi connectivity index (χ2n) is 5.28. The summed E-state index contributed by atoms with van der Waals surface area (Å²) in [5.41, 5.74) is 1.27. The predicted octanol–water partition coefficient (Wildman–Crippen LogP) is 2.80. The van der Waals surface area contributed by atoms with Crippen LogP contribution >= 0.6 is 11.6 Å². The SMILES string of the molecule is O=c1[nH]c2c(Cl)cccc2n1[C@H]1CC[C@@H](C(=O)O)CC1. The van der Waals surface area contributed by atoms with E-state index in [2.05, 4.69) is 4.98 Å². The summed E-state index contributed by atoms with van der Waals surface area (Å²) >= 11 is 6.08. The average molecular weight is 295 g/mol. The van der Waals surface area contributed by atoms with Gasteiger partial charge in [0.1, 0.15) is 0 Å². The Bertz CT molecular complexity index is 711. The molecule has 6 heteroatoms. The van der Waals surface area contributed by atoms with Crippen LogP contribution < -0.4 is 5.69 Å². The second kappa shape index (κ2) is 4.98. The Hall–Kier alpha value is -1.75. The van der Waals surface area contributed by atoms with Crippen LogP contribution in [0.2, 0.25) is 5.02 Å². The first-order valence-electron chi connectivity index (χ1n) is 6.69. The Kier molecular flexibility index (Phi) is 3.30. The summed E-state index contributed by atoms with van der Waals surface area (Å²) in [6.07, 6.45) is 2.63. The maximum absolute atomic E-state index is 12.1. The molecule has 1 aromatic heterocycles. The van der Waals surface area contributed by atoms with E-state index in [9.17, 15) is 9.59 Å². The lowest BCUT2D eigenvalue weighted by Crippen LogP contribution is -2.28. The van der Waals surface area contributed by atoms with Gasteiger partial charge in [-0.3, -0.25) is 9.36 Å². The molecule has 3 rings (SSSR count). The fourth-order valence-electron chi connectivity index (χ4n) is 3.06. The number of aromatic amines is 1. The van der Waals surface area contributed by atoms with Crippen molar-refractivity contribution < 1.29 is 9.90 Å². The summed E-state index contributed by atoms with van der Waals surface area (Å²) in [5, 5.41) is 9.55. The van der Waals surface area contributed by atoms with Crippen LogP contribution in [0.4, 0.5) is 0 Å². The highest BCUT2D eigenvalue weighted by atomic mass is 35.5. The summed E-state index contributed by atoms with van der Waals surface area (Å²) in [6, 6.07) is 5.47. The van der Waals surface area contributed by atoms with Crippen molar-refractivity contribution in [2.75, 3.05) is 0 Å². The Balaban J connectivity index is 1.96. The molecule has 0 amide bonds. The van der Waals surface area contributed by atoms with Gasteiger partial charge >= 0.3 is 11.7 Å². The minimum Gasteiger partial charge on any atom is -0.481 e. The number of benzene rings is 1. The minimum absolute atomic E-state index is 0.0466. The molecule has 0 atom stereocenters. The van der Waals surface area contributed by atoms with Gasteiger partial charge in [-0.25, -0.2) is 4.79 Å². The number of hydrogen-bond donors (Lipinski definition) is 2. The number of carbonyl (C=O) groups is 1. The second-order valence-corrected chi connectivity index (χ2v) is 5.69. The van der Waals surface area contributed by atoms with E-state index in [1.54, 1.807) is 10.6 Å². The highest BCUT2D eigenvalue weighted by molar-refractivity contribution is 6.34. The van der Waals surface area contributed by atoms with E-state index in [0.29, 0.717) is 36.2 Å². The molecular weight excluding hydrogens is 280 g/mol. The normalized spacial score (nSPS) is 23.1. The van der Waals surface area contributed by atoms with Gasteiger partial charge in [0.15, 0.2) is 0 Å². The van der Waals surface area contributed by atoms with Crippen LogP contribution in [0.3, 0.4) is 0 Å². The molecule has 2 aromatic rings. The molecular formula is C14H15ClN2O3. The molecule has 1 saturated carbocycles. The van der Waals surface area contributed by atoms with Crippen molar-refractivity contribution >= 4 is 28.6 Å². The third-order valence-electron chi connectivity index (χ3n) is 4.11. The monoisotopic (exact) mass is 294 g/mol. The Labute approximate surface area is 120 Å². The van der Waals surface area contributed by atoms with E-state index in [0.717, 1.165) is 5.52 Å². The molecule has 1 heterocycles. The van der Waals surface area contributed by atoms with Gasteiger partial charge in [-0.15, -0.1) is 0 Å². The Morgan fingerprint density at radius 3 is 2.65 bits per heavy atom. The maximum atomic E-state index is 12.1. The minimum atomic E-state index is -0.738. The van der Waals surface area contributed by atoms with Crippen LogP contribution in [0.15, 0.2) is 23.0 Å². The average Bonchev–Trinajstić information content (AvgIpc) is 2.77. The zero-order chi connectivity index (χ0) is 14.3. The van der Waals surface area contributed by atoms with Crippen molar-refractivity contribution in [3.05, 3.63) is 33.7 Å². The van der Waals surface area contributed by atoms with Crippen molar-refractivity contribution in [1.82, 2.24) is 9.55 Å². The molecule has 0 unspecified atom stereocenters. The van der Waals surface area contributed by atoms with Crippen molar-refractivity contribution in [2.24, 2.45) is 5.92 Å². The van der Waals surface area contributed by atoms with Crippen LogP contribution in [0.25, 0.3) is 11.0 Å². The summed E-state index contributed by atoms with van der Waals surface area (Å²) < 4.78 is 1.72. The summed E-state index contributed by atoms with van der Waals surface area (Å²) in [5.74, 6) is -1.02. The maximum Gasteiger partial charge on any atom is 0.326 e. The topological polar surface area (TPSA) is 75.1 Å². The number of aliphatic carboxylic acids is 1. The highest BCUT2D eigenvalue weighted by Crippen LogP contribution is 2.33. The zero-order valence-corrected chi connectivity index (χ0v) is 11.6. The number of aromatic nitrogens is 2. The number of H-pyrrole nitrogens is 1. The van der Waals surface area contributed by atoms with Crippen molar-refractivity contribution in [2.45, 2.75) is 31.7 Å². The number of hydrogen-bond acceptors (Lipinski definition) is 2. The van der Waals surface area contributed by atoms with Gasteiger partial charge in [-0.2, -0.15) is 0 Å². The van der Waals surface area contributed by atoms with Crippen molar-refractivity contribution in [3.8, 4) is 0 Å². The standard InChI is InChI=1S/C14H15ClN2O3/c15-10-2-1-3-11-12(10)16-14(20)17(11)9-6-4-8(5-7-9)13(18)19/h1-3,8-9H,4-7H2,(H,16,20)(H,18,19)/t8-,9+. The molecule has 0 spiro atoms. The van der Waals surface area contributed by atoms with Crippen LogP contribution in [-0.4, -0.2) is 20.6 Å². The lowest BCUT2D eigenvalue weighted by atomic mass is 9.86. The van der Waals surface area contributed by atoms with Crippen LogP contribution in [-0.2, 0) is 4.79 Å². The van der Waals surface area contributed by atoms with E-state index < -0.39 is 5.97 Å². The molecule has 20 heavy (non-hydrogen) atoms. The Morgan fingerprint density at radius 1 is 1.30 bits per heavy atom. The van der Waals surface area contributed by atoms with Gasteiger partial charge in [-0.1, -0.05) is 17.7 Å². The fourth-order valence-corrected chi connectivity index (χ4v) is 3.27. The third kappa shape index (κ3) is 2.12. The van der Waals surface area contributed by atoms with Gasteiger partial charge in [-0.05, 0) is 37.8 Å². The van der Waals surface area contributed by atoms with Gasteiger partial charge in [0.25, 0.3) is 0 Å². The summed E-state index contributed by atoms with van der Waals surface area (Å²) in [4.78, 5) is 25.9. The number of nitrogens with zero attached hydrogens (tertiary/aromatic N) is 1. The van der Waals surface area contributed by atoms with Gasteiger partial charge < -0.3 is 10.1 Å². The van der Waals surface area contributed by atoms with E-state index in [-0.39, 0.29) is 17.6 Å². The van der Waals surface area contributed by atoms with Crippen molar-refractivity contribution in [3.63, 3.8) is 0 Å². The first-order valence-corrected chi connectivity index (χ1v) is 7.07. The number of nitrogens with one attached hydrogen (secondary N) is 1. The number of carboxylic acid groups (broad SMARTS) is 1. The van der Waals surface area contributed by atoms with Crippen LogP contribution in [0.1, 0.15) is 31.7 Å². The quantitative estimate of drug-likeness (QED) is 0.894. The number of halogens is 1. The highest BCUT2D eigenvalue weighted by Gasteiger charge is 2.28. The fraction of sp³-hybridized carbons (Fsp3) is 0.429. The number of fused-ring (bicyclic) bond motifs is 1. The molecule has 1 aliphatic rings. The zero-order valence-electron chi connectivity index (χ0n) is 10.8. The van der Waals surface area contributed by atoms with Crippen LogP contribution in [0, 0.1) is 5.92 Å². The lowest BCUT2D eigenvalue weighted by Gasteiger charge is -2.27. The smallest absolute Gasteiger partial charge is 0.326 e. The lowest BCUT2D eigenvalue weighted by molar-refractivity contribution is -0.143. The largest absolute Gasteiger partial charge is 0.481 e. The molecule has 2 N–H and O–H groups in total. The molecule has 1 fully saturated rings. The first-order chi connectivity index (χ1) is 9.58. The number of imidazole rings is 1. The summed E-state index contributed by atoms with van der Waals surface area (Å²) in [7, 11) is 0. The third-order valence-corrected chi connectivity index (χ3v) is 4.43. The number of para-hydroxylation sites is 1. The first kappa shape index (κ1) is 13.2. The van der Waals surface area contributed by atoms with Crippen LogP contribution in [0.5, 0.6) is 0 Å². The molecule has 0 bridgehead atoms. The Morgan fingerprint density at radius 2 is 2.00 bits per heavy atom. The predicted molar refractivity (Wildman–Crippen MR) is 76.2 cm³/mol. The molecule has 5 nitrogen and oxygen atoms in total. The van der Waals surface area contributed by atoms with E-state index in [1.165, 1.54) is 0 Å². The molecule has 1 aliphatic carbocycles.